The lowest BCUT2D eigenvalue weighted by Gasteiger charge is -2.29. The summed E-state index contributed by atoms with van der Waals surface area (Å²) in [5.41, 5.74) is 1.86. The van der Waals surface area contributed by atoms with Crippen molar-refractivity contribution in [3.63, 3.8) is 0 Å². The van der Waals surface area contributed by atoms with Gasteiger partial charge in [0, 0.05) is 11.4 Å². The van der Waals surface area contributed by atoms with E-state index in [2.05, 4.69) is 19.2 Å². The zero-order valence-corrected chi connectivity index (χ0v) is 16.4. The topological polar surface area (TPSA) is 58.6 Å². The highest BCUT2D eigenvalue weighted by molar-refractivity contribution is 8.00. The SMILES string of the molecule is Cc1ccc(NC(=O)N2[C@@H](CC(C)C)SC[C@H]2C(=O)OC(C)C)cc1. The first-order valence-electron chi connectivity index (χ1n) is 8.76. The zero-order chi connectivity index (χ0) is 18.6. The second-order valence-corrected chi connectivity index (χ2v) is 8.33. The predicted molar refractivity (Wildman–Crippen MR) is 103 cm³/mol. The molecule has 0 unspecified atom stereocenters. The molecular weight excluding hydrogens is 336 g/mol. The quantitative estimate of drug-likeness (QED) is 0.793. The molecule has 1 saturated heterocycles. The number of carbonyl (C=O) groups is 2. The van der Waals surface area contributed by atoms with Crippen LogP contribution in [-0.2, 0) is 9.53 Å². The van der Waals surface area contributed by atoms with E-state index in [-0.39, 0.29) is 23.5 Å². The molecule has 1 aliphatic rings. The van der Waals surface area contributed by atoms with Crippen LogP contribution in [0.1, 0.15) is 39.7 Å². The number of aryl methyl sites for hydroxylation is 1. The minimum atomic E-state index is -0.540. The number of rotatable bonds is 5. The Balaban J connectivity index is 2.16. The Kier molecular flexibility index (Phi) is 6.76. The van der Waals surface area contributed by atoms with Crippen LogP contribution in [0.25, 0.3) is 0 Å². The molecule has 0 spiro atoms. The maximum Gasteiger partial charge on any atom is 0.330 e. The summed E-state index contributed by atoms with van der Waals surface area (Å²) in [5, 5.41) is 2.90. The van der Waals surface area contributed by atoms with E-state index in [0.717, 1.165) is 17.7 Å². The Morgan fingerprint density at radius 3 is 2.44 bits per heavy atom. The highest BCUT2D eigenvalue weighted by atomic mass is 32.2. The molecule has 1 aromatic rings. The molecule has 0 saturated carbocycles. The fraction of sp³-hybridized carbons (Fsp3) is 0.579. The van der Waals surface area contributed by atoms with Crippen molar-refractivity contribution < 1.29 is 14.3 Å². The number of ether oxygens (including phenoxy) is 1. The van der Waals surface area contributed by atoms with E-state index in [1.54, 1.807) is 16.7 Å². The number of amides is 2. The number of hydrogen-bond acceptors (Lipinski definition) is 4. The molecule has 1 aliphatic heterocycles. The van der Waals surface area contributed by atoms with Gasteiger partial charge in [-0.15, -0.1) is 11.8 Å². The van der Waals surface area contributed by atoms with Crippen molar-refractivity contribution in [2.45, 2.75) is 58.6 Å². The number of nitrogens with one attached hydrogen (secondary N) is 1. The van der Waals surface area contributed by atoms with Gasteiger partial charge in [0.25, 0.3) is 0 Å². The molecule has 1 fully saturated rings. The monoisotopic (exact) mass is 364 g/mol. The molecule has 6 heteroatoms. The van der Waals surface area contributed by atoms with Crippen LogP contribution >= 0.6 is 11.8 Å². The van der Waals surface area contributed by atoms with Gasteiger partial charge in [-0.1, -0.05) is 31.5 Å². The standard InChI is InChI=1S/C19H28N2O3S/c1-12(2)10-17-21(16(11-25-17)18(22)24-13(3)4)19(23)20-15-8-6-14(5)7-9-15/h6-9,12-13,16-17H,10-11H2,1-5H3,(H,20,23)/t16-,17+/m0/s1. The van der Waals surface area contributed by atoms with Crippen LogP contribution in [0.4, 0.5) is 10.5 Å². The molecule has 0 aromatic heterocycles. The summed E-state index contributed by atoms with van der Waals surface area (Å²) in [6.45, 7) is 9.89. The normalized spacial score (nSPS) is 20.2. The van der Waals surface area contributed by atoms with Crippen molar-refractivity contribution in [3.8, 4) is 0 Å². The van der Waals surface area contributed by atoms with E-state index in [4.69, 9.17) is 4.74 Å². The van der Waals surface area contributed by atoms with E-state index < -0.39 is 6.04 Å². The lowest BCUT2D eigenvalue weighted by atomic mass is 10.1. The molecule has 0 bridgehead atoms. The number of urea groups is 1. The molecule has 1 heterocycles. The van der Waals surface area contributed by atoms with Crippen molar-refractivity contribution >= 4 is 29.4 Å². The average molecular weight is 365 g/mol. The zero-order valence-electron chi connectivity index (χ0n) is 15.6. The Hall–Kier alpha value is -1.69. The minimum Gasteiger partial charge on any atom is -0.461 e. The number of nitrogens with zero attached hydrogens (tertiary/aromatic N) is 1. The molecule has 0 radical (unpaired) electrons. The molecule has 5 nitrogen and oxygen atoms in total. The third-order valence-electron chi connectivity index (χ3n) is 3.93. The Morgan fingerprint density at radius 1 is 1.24 bits per heavy atom. The summed E-state index contributed by atoms with van der Waals surface area (Å²) in [6, 6.07) is 6.85. The largest absolute Gasteiger partial charge is 0.461 e. The van der Waals surface area contributed by atoms with Crippen LogP contribution in [-0.4, -0.2) is 40.2 Å². The summed E-state index contributed by atoms with van der Waals surface area (Å²) in [4.78, 5) is 27.0. The highest BCUT2D eigenvalue weighted by Gasteiger charge is 2.42. The first kappa shape index (κ1) is 19.6. The predicted octanol–water partition coefficient (Wildman–Crippen LogP) is 4.27. The van der Waals surface area contributed by atoms with Crippen LogP contribution in [0.3, 0.4) is 0 Å². The summed E-state index contributed by atoms with van der Waals surface area (Å²) >= 11 is 1.65. The van der Waals surface area contributed by atoms with E-state index in [1.807, 2.05) is 45.0 Å². The van der Waals surface area contributed by atoms with Gasteiger partial charge < -0.3 is 10.1 Å². The number of carbonyl (C=O) groups excluding carboxylic acids is 2. The van der Waals surface area contributed by atoms with Crippen molar-refractivity contribution in [3.05, 3.63) is 29.8 Å². The van der Waals surface area contributed by atoms with Crippen molar-refractivity contribution in [2.75, 3.05) is 11.1 Å². The van der Waals surface area contributed by atoms with Gasteiger partial charge in [0.05, 0.1) is 11.5 Å². The fourth-order valence-corrected chi connectivity index (χ4v) is 4.36. The molecule has 2 atom stereocenters. The summed E-state index contributed by atoms with van der Waals surface area (Å²) < 4.78 is 5.36. The van der Waals surface area contributed by atoms with Gasteiger partial charge in [-0.25, -0.2) is 9.59 Å². The summed E-state index contributed by atoms with van der Waals surface area (Å²) in [6.07, 6.45) is 0.654. The smallest absolute Gasteiger partial charge is 0.330 e. The van der Waals surface area contributed by atoms with Crippen molar-refractivity contribution in [1.82, 2.24) is 4.90 Å². The Bertz CT molecular complexity index is 601. The Morgan fingerprint density at radius 2 is 1.88 bits per heavy atom. The van der Waals surface area contributed by atoms with Gasteiger partial charge in [-0.3, -0.25) is 4.90 Å². The molecule has 2 amide bonds. The molecule has 1 aromatic carbocycles. The van der Waals surface area contributed by atoms with Crippen LogP contribution in [0, 0.1) is 12.8 Å². The highest BCUT2D eigenvalue weighted by Crippen LogP contribution is 2.34. The molecular formula is C19H28N2O3S. The molecule has 2 rings (SSSR count). The Labute approximate surface area is 154 Å². The fourth-order valence-electron chi connectivity index (χ4n) is 2.74. The van der Waals surface area contributed by atoms with E-state index in [9.17, 15) is 9.59 Å². The lowest BCUT2D eigenvalue weighted by molar-refractivity contribution is -0.151. The van der Waals surface area contributed by atoms with Crippen LogP contribution in [0.15, 0.2) is 24.3 Å². The molecule has 25 heavy (non-hydrogen) atoms. The van der Waals surface area contributed by atoms with E-state index in [1.165, 1.54) is 0 Å². The van der Waals surface area contributed by atoms with Crippen LogP contribution < -0.4 is 5.32 Å². The van der Waals surface area contributed by atoms with Gasteiger partial charge >= 0.3 is 12.0 Å². The van der Waals surface area contributed by atoms with Gasteiger partial charge in [0.15, 0.2) is 0 Å². The minimum absolute atomic E-state index is 0.0184. The van der Waals surface area contributed by atoms with E-state index >= 15 is 0 Å². The number of esters is 1. The average Bonchev–Trinajstić information content (AvgIpc) is 2.92. The first-order valence-corrected chi connectivity index (χ1v) is 9.81. The number of benzene rings is 1. The molecule has 0 aliphatic carbocycles. The maximum absolute atomic E-state index is 12.9. The number of anilines is 1. The lowest BCUT2D eigenvalue weighted by Crippen LogP contribution is -2.48. The third kappa shape index (κ3) is 5.39. The van der Waals surface area contributed by atoms with Gasteiger partial charge in [-0.2, -0.15) is 0 Å². The van der Waals surface area contributed by atoms with Gasteiger partial charge in [0.1, 0.15) is 6.04 Å². The number of thioether (sulfide) groups is 1. The third-order valence-corrected chi connectivity index (χ3v) is 5.24. The van der Waals surface area contributed by atoms with Crippen molar-refractivity contribution in [2.24, 2.45) is 5.92 Å². The first-order chi connectivity index (χ1) is 11.8. The van der Waals surface area contributed by atoms with Gasteiger partial charge in [-0.05, 0) is 45.2 Å². The maximum atomic E-state index is 12.9. The van der Waals surface area contributed by atoms with E-state index in [0.29, 0.717) is 11.7 Å². The summed E-state index contributed by atoms with van der Waals surface area (Å²) in [7, 11) is 0. The van der Waals surface area contributed by atoms with Gasteiger partial charge in [0.2, 0.25) is 0 Å². The summed E-state index contributed by atoms with van der Waals surface area (Å²) in [5.74, 6) is 0.685. The molecule has 138 valence electrons. The van der Waals surface area contributed by atoms with Crippen LogP contribution in [0.2, 0.25) is 0 Å². The van der Waals surface area contributed by atoms with Crippen molar-refractivity contribution in [1.29, 1.82) is 0 Å². The second kappa shape index (κ2) is 8.61. The molecule has 1 N–H and O–H groups in total. The number of hydrogen-bond donors (Lipinski definition) is 1. The second-order valence-electron chi connectivity index (χ2n) is 7.12. The van der Waals surface area contributed by atoms with Crippen LogP contribution in [0.5, 0.6) is 0 Å².